The molecule has 2 aromatic rings. The van der Waals surface area contributed by atoms with Gasteiger partial charge < -0.3 is 15.4 Å². The summed E-state index contributed by atoms with van der Waals surface area (Å²) in [7, 11) is 1.77. The number of rotatable bonds is 7. The van der Waals surface area contributed by atoms with Crippen LogP contribution in [0.4, 0.5) is 0 Å². The van der Waals surface area contributed by atoms with E-state index in [0.717, 1.165) is 29.7 Å². The molecule has 1 aromatic heterocycles. The summed E-state index contributed by atoms with van der Waals surface area (Å²) in [6, 6.07) is 9.85. The van der Waals surface area contributed by atoms with Gasteiger partial charge in [-0.25, -0.2) is 4.98 Å². The molecule has 0 spiro atoms. The second kappa shape index (κ2) is 11.2. The van der Waals surface area contributed by atoms with Gasteiger partial charge in [0, 0.05) is 24.7 Å². The molecule has 0 atom stereocenters. The van der Waals surface area contributed by atoms with Gasteiger partial charge in [0.05, 0.1) is 13.2 Å². The molecular formula is C16H23IN4OS. The molecule has 0 amide bonds. The van der Waals surface area contributed by atoms with Gasteiger partial charge in [-0.05, 0) is 25.5 Å². The minimum atomic E-state index is 0. The predicted octanol–water partition coefficient (Wildman–Crippen LogP) is 3.20. The number of benzene rings is 1. The smallest absolute Gasteiger partial charge is 0.191 e. The topological polar surface area (TPSA) is 58.5 Å². The highest BCUT2D eigenvalue weighted by Gasteiger charge is 2.01. The average molecular weight is 446 g/mol. The number of ether oxygens (including phenoxy) is 1. The molecule has 0 saturated carbocycles. The number of guanidine groups is 1. The molecule has 0 radical (unpaired) electrons. The van der Waals surface area contributed by atoms with Crippen LogP contribution in [0.15, 0.2) is 41.5 Å². The van der Waals surface area contributed by atoms with Crippen LogP contribution >= 0.6 is 35.3 Å². The van der Waals surface area contributed by atoms with Crippen molar-refractivity contribution in [3.63, 3.8) is 0 Å². The van der Waals surface area contributed by atoms with Crippen molar-refractivity contribution in [1.82, 2.24) is 15.6 Å². The van der Waals surface area contributed by atoms with Crippen molar-refractivity contribution >= 4 is 41.3 Å². The number of halogens is 1. The summed E-state index contributed by atoms with van der Waals surface area (Å²) in [6.45, 7) is 4.24. The van der Waals surface area contributed by atoms with Crippen LogP contribution in [0.25, 0.3) is 0 Å². The molecule has 0 saturated heterocycles. The zero-order valence-electron chi connectivity index (χ0n) is 13.4. The van der Waals surface area contributed by atoms with Crippen LogP contribution in [0, 0.1) is 6.92 Å². The summed E-state index contributed by atoms with van der Waals surface area (Å²) in [4.78, 5) is 9.73. The van der Waals surface area contributed by atoms with Crippen molar-refractivity contribution in [1.29, 1.82) is 0 Å². The zero-order valence-corrected chi connectivity index (χ0v) is 16.6. The number of para-hydroxylation sites is 1. The summed E-state index contributed by atoms with van der Waals surface area (Å²) < 4.78 is 5.64. The van der Waals surface area contributed by atoms with Crippen LogP contribution in [0.2, 0.25) is 0 Å². The number of hydrogen-bond donors (Lipinski definition) is 2. The van der Waals surface area contributed by atoms with Crippen LogP contribution in [0.1, 0.15) is 16.3 Å². The molecule has 1 aromatic carbocycles. The Hall–Kier alpha value is -1.35. The van der Waals surface area contributed by atoms with Crippen LogP contribution in [-0.2, 0) is 6.54 Å². The molecule has 7 heteroatoms. The van der Waals surface area contributed by atoms with Crippen LogP contribution in [0.5, 0.6) is 5.75 Å². The third kappa shape index (κ3) is 7.65. The Kier molecular flexibility index (Phi) is 9.61. The number of nitrogens with zero attached hydrogens (tertiary/aromatic N) is 2. The minimum Gasteiger partial charge on any atom is -0.494 e. The third-order valence-electron chi connectivity index (χ3n) is 2.93. The van der Waals surface area contributed by atoms with Crippen LogP contribution in [0.3, 0.4) is 0 Å². The molecule has 2 rings (SSSR count). The summed E-state index contributed by atoms with van der Waals surface area (Å²) in [5, 5.41) is 7.58. The molecule has 0 aliphatic carbocycles. The number of aliphatic imine (C=N–C) groups is 1. The van der Waals surface area contributed by atoms with Crippen molar-refractivity contribution < 1.29 is 4.74 Å². The van der Waals surface area contributed by atoms with E-state index in [1.54, 1.807) is 18.4 Å². The number of aryl methyl sites for hydroxylation is 1. The number of nitrogens with one attached hydrogen (secondary N) is 2. The highest BCUT2D eigenvalue weighted by molar-refractivity contribution is 14.0. The SMILES string of the molecule is CN=C(NCCCOc1ccccc1)NCc1ncc(C)s1.I. The molecule has 0 aliphatic rings. The summed E-state index contributed by atoms with van der Waals surface area (Å²) in [5.74, 6) is 1.69. The Morgan fingerprint density at radius 3 is 2.70 bits per heavy atom. The van der Waals surface area contributed by atoms with Gasteiger partial charge in [-0.2, -0.15) is 0 Å². The largest absolute Gasteiger partial charge is 0.494 e. The lowest BCUT2D eigenvalue weighted by atomic mass is 10.3. The van der Waals surface area contributed by atoms with Gasteiger partial charge in [0.2, 0.25) is 0 Å². The van der Waals surface area contributed by atoms with E-state index in [1.165, 1.54) is 4.88 Å². The second-order valence-electron chi connectivity index (χ2n) is 4.73. The number of aromatic nitrogens is 1. The Labute approximate surface area is 158 Å². The molecule has 126 valence electrons. The van der Waals surface area contributed by atoms with Crippen molar-refractivity contribution in [2.75, 3.05) is 20.2 Å². The lowest BCUT2D eigenvalue weighted by Gasteiger charge is -2.11. The molecule has 0 fully saturated rings. The van der Waals surface area contributed by atoms with E-state index in [9.17, 15) is 0 Å². The van der Waals surface area contributed by atoms with E-state index >= 15 is 0 Å². The lowest BCUT2D eigenvalue weighted by Crippen LogP contribution is -2.37. The van der Waals surface area contributed by atoms with Crippen LogP contribution in [-0.4, -0.2) is 31.1 Å². The fourth-order valence-electron chi connectivity index (χ4n) is 1.85. The molecule has 0 aliphatic heterocycles. The van der Waals surface area contributed by atoms with Gasteiger partial charge >= 0.3 is 0 Å². The number of hydrogen-bond acceptors (Lipinski definition) is 4. The van der Waals surface area contributed by atoms with Gasteiger partial charge in [-0.3, -0.25) is 4.99 Å². The highest BCUT2D eigenvalue weighted by Crippen LogP contribution is 2.10. The maximum absolute atomic E-state index is 5.64. The van der Waals surface area contributed by atoms with Crippen molar-refractivity contribution in [3.05, 3.63) is 46.4 Å². The lowest BCUT2D eigenvalue weighted by molar-refractivity contribution is 0.311. The molecule has 23 heavy (non-hydrogen) atoms. The summed E-state index contributed by atoms with van der Waals surface area (Å²) >= 11 is 1.69. The molecule has 5 nitrogen and oxygen atoms in total. The van der Waals surface area contributed by atoms with E-state index in [0.29, 0.717) is 13.2 Å². The van der Waals surface area contributed by atoms with E-state index in [-0.39, 0.29) is 24.0 Å². The first-order valence-corrected chi connectivity index (χ1v) is 8.13. The first kappa shape index (κ1) is 19.7. The summed E-state index contributed by atoms with van der Waals surface area (Å²) in [5.41, 5.74) is 0. The van der Waals surface area contributed by atoms with Crippen molar-refractivity contribution in [2.45, 2.75) is 19.9 Å². The maximum atomic E-state index is 5.64. The summed E-state index contributed by atoms with van der Waals surface area (Å²) in [6.07, 6.45) is 2.80. The second-order valence-corrected chi connectivity index (χ2v) is 6.05. The molecular weight excluding hydrogens is 423 g/mol. The van der Waals surface area contributed by atoms with E-state index < -0.39 is 0 Å². The highest BCUT2D eigenvalue weighted by atomic mass is 127. The minimum absolute atomic E-state index is 0. The van der Waals surface area contributed by atoms with E-state index in [1.807, 2.05) is 36.5 Å². The Balaban J connectivity index is 0.00000264. The predicted molar refractivity (Wildman–Crippen MR) is 107 cm³/mol. The average Bonchev–Trinajstić information content (AvgIpc) is 2.96. The van der Waals surface area contributed by atoms with E-state index in [4.69, 9.17) is 4.74 Å². The molecule has 0 bridgehead atoms. The fourth-order valence-corrected chi connectivity index (χ4v) is 2.58. The van der Waals surface area contributed by atoms with Crippen molar-refractivity contribution in [3.8, 4) is 5.75 Å². The molecule has 2 N–H and O–H groups in total. The maximum Gasteiger partial charge on any atom is 0.191 e. The normalized spacial score (nSPS) is 10.8. The Morgan fingerprint density at radius 1 is 1.26 bits per heavy atom. The first-order chi connectivity index (χ1) is 10.8. The van der Waals surface area contributed by atoms with E-state index in [2.05, 4.69) is 27.5 Å². The van der Waals surface area contributed by atoms with Gasteiger partial charge in [-0.15, -0.1) is 35.3 Å². The monoisotopic (exact) mass is 446 g/mol. The van der Waals surface area contributed by atoms with Gasteiger partial charge in [0.1, 0.15) is 10.8 Å². The quantitative estimate of drug-likeness (QED) is 0.297. The zero-order chi connectivity index (χ0) is 15.6. The van der Waals surface area contributed by atoms with Crippen LogP contribution < -0.4 is 15.4 Å². The Bertz CT molecular complexity index is 589. The molecule has 0 unspecified atom stereocenters. The third-order valence-corrected chi connectivity index (χ3v) is 3.84. The van der Waals surface area contributed by atoms with Gasteiger partial charge in [0.25, 0.3) is 0 Å². The van der Waals surface area contributed by atoms with Gasteiger partial charge in [-0.1, -0.05) is 18.2 Å². The van der Waals surface area contributed by atoms with Gasteiger partial charge in [0.15, 0.2) is 5.96 Å². The van der Waals surface area contributed by atoms with Crippen molar-refractivity contribution in [2.24, 2.45) is 4.99 Å². The molecule has 1 heterocycles. The Morgan fingerprint density at radius 2 is 2.04 bits per heavy atom. The standard InChI is InChI=1S/C16H22N4OS.HI/c1-13-11-19-15(22-13)12-20-16(17-2)18-9-6-10-21-14-7-4-3-5-8-14;/h3-5,7-8,11H,6,9-10,12H2,1-2H3,(H2,17,18,20);1H. The fraction of sp³-hybridized carbons (Fsp3) is 0.375. The number of thiazole rings is 1. The first-order valence-electron chi connectivity index (χ1n) is 7.31.